The number of anilines is 1. The lowest BCUT2D eigenvalue weighted by Gasteiger charge is -2.40. The van der Waals surface area contributed by atoms with Crippen LogP contribution >= 0.6 is 11.6 Å². The van der Waals surface area contributed by atoms with Crippen molar-refractivity contribution in [1.82, 2.24) is 14.6 Å². The molecule has 1 fully saturated rings. The number of aromatic nitrogens is 1. The number of rotatable bonds is 7. The summed E-state index contributed by atoms with van der Waals surface area (Å²) >= 11 is 5.88. The normalized spacial score (nSPS) is 16.1. The summed E-state index contributed by atoms with van der Waals surface area (Å²) in [5, 5.41) is 0.483. The summed E-state index contributed by atoms with van der Waals surface area (Å²) < 4.78 is 41.6. The van der Waals surface area contributed by atoms with Crippen LogP contribution in [0.2, 0.25) is 5.02 Å². The molecule has 0 spiro atoms. The molecule has 1 aliphatic rings. The number of hydrogen-bond acceptors (Lipinski definition) is 5. The first-order valence-electron chi connectivity index (χ1n) is 10.3. The Labute approximate surface area is 192 Å². The zero-order chi connectivity index (χ0) is 22.6. The minimum absolute atomic E-state index is 0.166. The van der Waals surface area contributed by atoms with Gasteiger partial charge in [-0.2, -0.15) is 0 Å². The van der Waals surface area contributed by atoms with E-state index in [1.165, 1.54) is 24.3 Å². The molecule has 4 rings (SSSR count). The highest BCUT2D eigenvalue weighted by molar-refractivity contribution is 7.89. The molecule has 9 heteroatoms. The van der Waals surface area contributed by atoms with Crippen LogP contribution in [0, 0.1) is 5.82 Å². The number of nitrogens with zero attached hydrogens (tertiary/aromatic N) is 3. The first-order valence-corrected chi connectivity index (χ1v) is 12.2. The molecule has 1 N–H and O–H groups in total. The standard InChI is InChI=1S/C23H24ClFN4O2S/c24-19-3-9-22(10-4-19)32(30,31)27-17-23(18-2-1-11-26-16-18)29-14-12-28(13-15-29)21-7-5-20(25)6-8-21/h1-11,16,23,27H,12-15,17H2/t23-/m1/s1. The maximum atomic E-state index is 13.2. The fourth-order valence-electron chi connectivity index (χ4n) is 3.86. The number of hydrogen-bond donors (Lipinski definition) is 1. The molecule has 0 bridgehead atoms. The van der Waals surface area contributed by atoms with Crippen LogP contribution in [0.25, 0.3) is 0 Å². The topological polar surface area (TPSA) is 65.5 Å². The Morgan fingerprint density at radius 1 is 1.00 bits per heavy atom. The summed E-state index contributed by atoms with van der Waals surface area (Å²) in [7, 11) is -3.68. The summed E-state index contributed by atoms with van der Waals surface area (Å²) in [6.45, 7) is 3.20. The average Bonchev–Trinajstić information content (AvgIpc) is 2.81. The van der Waals surface area contributed by atoms with E-state index in [0.29, 0.717) is 5.02 Å². The first-order chi connectivity index (χ1) is 15.4. The van der Waals surface area contributed by atoms with E-state index >= 15 is 0 Å². The molecule has 0 radical (unpaired) electrons. The van der Waals surface area contributed by atoms with Gasteiger partial charge in [0, 0.05) is 55.8 Å². The highest BCUT2D eigenvalue weighted by Gasteiger charge is 2.27. The molecule has 3 aromatic rings. The highest BCUT2D eigenvalue weighted by atomic mass is 35.5. The molecular formula is C23H24ClFN4O2S. The maximum absolute atomic E-state index is 13.2. The Bertz CT molecular complexity index is 1120. The van der Waals surface area contributed by atoms with E-state index in [4.69, 9.17) is 11.6 Å². The Kier molecular flexibility index (Phi) is 7.05. The summed E-state index contributed by atoms with van der Waals surface area (Å²) in [6, 6.07) is 16.2. The van der Waals surface area contributed by atoms with Crippen molar-refractivity contribution in [3.05, 3.63) is 89.5 Å². The number of sulfonamides is 1. The molecule has 0 unspecified atom stereocenters. The number of pyridine rings is 1. The molecule has 2 heterocycles. The van der Waals surface area contributed by atoms with Gasteiger partial charge in [-0.05, 0) is 60.2 Å². The van der Waals surface area contributed by atoms with E-state index in [9.17, 15) is 12.8 Å². The Balaban J connectivity index is 1.47. The molecule has 2 aromatic carbocycles. The molecule has 6 nitrogen and oxygen atoms in total. The Morgan fingerprint density at radius 2 is 1.69 bits per heavy atom. The highest BCUT2D eigenvalue weighted by Crippen LogP contribution is 2.24. The van der Waals surface area contributed by atoms with Gasteiger partial charge in [-0.3, -0.25) is 9.88 Å². The maximum Gasteiger partial charge on any atom is 0.240 e. The van der Waals surface area contributed by atoms with Crippen LogP contribution in [0.4, 0.5) is 10.1 Å². The molecule has 168 valence electrons. The minimum Gasteiger partial charge on any atom is -0.369 e. The summed E-state index contributed by atoms with van der Waals surface area (Å²) in [5.41, 5.74) is 1.92. The molecule has 1 aromatic heterocycles. The second-order valence-electron chi connectivity index (χ2n) is 7.61. The van der Waals surface area contributed by atoms with Gasteiger partial charge in [-0.15, -0.1) is 0 Å². The Hall–Kier alpha value is -2.52. The summed E-state index contributed by atoms with van der Waals surface area (Å²) in [5.74, 6) is -0.253. The van der Waals surface area contributed by atoms with Gasteiger partial charge in [-0.1, -0.05) is 17.7 Å². The quantitative estimate of drug-likeness (QED) is 0.565. The zero-order valence-corrected chi connectivity index (χ0v) is 18.9. The van der Waals surface area contributed by atoms with Crippen LogP contribution in [0.1, 0.15) is 11.6 Å². The van der Waals surface area contributed by atoms with E-state index in [1.807, 2.05) is 12.1 Å². The van der Waals surface area contributed by atoms with Crippen molar-refractivity contribution < 1.29 is 12.8 Å². The number of piperazine rings is 1. The van der Waals surface area contributed by atoms with Crippen LogP contribution in [0.15, 0.2) is 78.0 Å². The van der Waals surface area contributed by atoms with Gasteiger partial charge in [0.05, 0.1) is 10.9 Å². The van der Waals surface area contributed by atoms with Gasteiger partial charge < -0.3 is 4.90 Å². The largest absolute Gasteiger partial charge is 0.369 e. The molecule has 1 atom stereocenters. The molecule has 32 heavy (non-hydrogen) atoms. The van der Waals surface area contributed by atoms with Crippen LogP contribution in [-0.2, 0) is 10.0 Å². The van der Waals surface area contributed by atoms with Crippen molar-refractivity contribution in [2.24, 2.45) is 0 Å². The zero-order valence-electron chi connectivity index (χ0n) is 17.4. The predicted octanol–water partition coefficient (Wildman–Crippen LogP) is 3.72. The van der Waals surface area contributed by atoms with Gasteiger partial charge in [0.25, 0.3) is 0 Å². The van der Waals surface area contributed by atoms with Crippen LogP contribution in [0.5, 0.6) is 0 Å². The fourth-order valence-corrected chi connectivity index (χ4v) is 5.02. The van der Waals surface area contributed by atoms with E-state index in [1.54, 1.807) is 36.7 Å². The Morgan fingerprint density at radius 3 is 2.31 bits per heavy atom. The minimum atomic E-state index is -3.68. The molecule has 1 aliphatic heterocycles. The van der Waals surface area contributed by atoms with Gasteiger partial charge in [0.2, 0.25) is 10.0 Å². The van der Waals surface area contributed by atoms with Crippen molar-refractivity contribution in [3.63, 3.8) is 0 Å². The van der Waals surface area contributed by atoms with E-state index in [-0.39, 0.29) is 23.3 Å². The third kappa shape index (κ3) is 5.45. The second-order valence-corrected chi connectivity index (χ2v) is 9.81. The summed E-state index contributed by atoms with van der Waals surface area (Å²) in [4.78, 5) is 8.85. The van der Waals surface area contributed by atoms with Crippen LogP contribution in [-0.4, -0.2) is 51.0 Å². The third-order valence-electron chi connectivity index (χ3n) is 5.61. The van der Waals surface area contributed by atoms with Crippen LogP contribution < -0.4 is 9.62 Å². The van der Waals surface area contributed by atoms with E-state index in [2.05, 4.69) is 19.5 Å². The van der Waals surface area contributed by atoms with Gasteiger partial charge in [-0.25, -0.2) is 17.5 Å². The van der Waals surface area contributed by atoms with E-state index in [0.717, 1.165) is 37.4 Å². The second kappa shape index (κ2) is 9.95. The van der Waals surface area contributed by atoms with Gasteiger partial charge in [0.15, 0.2) is 0 Å². The third-order valence-corrected chi connectivity index (χ3v) is 7.30. The van der Waals surface area contributed by atoms with E-state index < -0.39 is 10.0 Å². The average molecular weight is 475 g/mol. The van der Waals surface area contributed by atoms with Gasteiger partial charge >= 0.3 is 0 Å². The SMILES string of the molecule is O=S(=O)(NC[C@H](c1cccnc1)N1CCN(c2ccc(F)cc2)CC1)c1ccc(Cl)cc1. The lowest BCUT2D eigenvalue weighted by atomic mass is 10.1. The van der Waals surface area contributed by atoms with Gasteiger partial charge in [0.1, 0.15) is 5.82 Å². The first kappa shape index (κ1) is 22.7. The lowest BCUT2D eigenvalue weighted by Crippen LogP contribution is -2.50. The number of halogens is 2. The van der Waals surface area contributed by atoms with Crippen molar-refractivity contribution in [3.8, 4) is 0 Å². The lowest BCUT2D eigenvalue weighted by molar-refractivity contribution is 0.186. The monoisotopic (exact) mass is 474 g/mol. The van der Waals surface area contributed by atoms with Crippen molar-refractivity contribution >= 4 is 27.3 Å². The number of nitrogens with one attached hydrogen (secondary N) is 1. The molecular weight excluding hydrogens is 451 g/mol. The van der Waals surface area contributed by atoms with Crippen molar-refractivity contribution in [2.75, 3.05) is 37.6 Å². The van der Waals surface area contributed by atoms with Crippen molar-refractivity contribution in [1.29, 1.82) is 0 Å². The molecule has 1 saturated heterocycles. The number of benzene rings is 2. The fraction of sp³-hybridized carbons (Fsp3) is 0.261. The molecule has 0 amide bonds. The molecule has 0 aliphatic carbocycles. The molecule has 0 saturated carbocycles. The smallest absolute Gasteiger partial charge is 0.240 e. The predicted molar refractivity (Wildman–Crippen MR) is 124 cm³/mol. The summed E-state index contributed by atoms with van der Waals surface area (Å²) in [6.07, 6.45) is 3.47. The van der Waals surface area contributed by atoms with Crippen molar-refractivity contribution in [2.45, 2.75) is 10.9 Å². The van der Waals surface area contributed by atoms with Crippen LogP contribution in [0.3, 0.4) is 0 Å².